The van der Waals surface area contributed by atoms with Crippen molar-refractivity contribution in [3.63, 3.8) is 0 Å². The first-order valence-corrected chi connectivity index (χ1v) is 3.77. The molecule has 0 bridgehead atoms. The maximum atomic E-state index is 4.36. The molecule has 11 heavy (non-hydrogen) atoms. The molecule has 1 fully saturated rings. The normalized spacial score (nSPS) is 17.5. The van der Waals surface area contributed by atoms with Gasteiger partial charge in [-0.25, -0.2) is 0 Å². The molecule has 1 aromatic heterocycles. The van der Waals surface area contributed by atoms with Gasteiger partial charge in [-0.3, -0.25) is 0 Å². The largest absolute Gasteiger partial charge is 0.431 e. The highest BCUT2D eigenvalue weighted by molar-refractivity contribution is 4.59. The van der Waals surface area contributed by atoms with Crippen molar-refractivity contribution in [3.05, 3.63) is 12.8 Å². The van der Waals surface area contributed by atoms with E-state index in [1.165, 1.54) is 38.7 Å². The molecule has 0 unspecified atom stereocenters. The summed E-state index contributed by atoms with van der Waals surface area (Å²) in [5.41, 5.74) is 0. The highest BCUT2D eigenvalue weighted by Gasteiger charge is 2.03. The average Bonchev–Trinajstić information content (AvgIpc) is 2.57. The molecule has 1 saturated heterocycles. The number of hydrogen-bond donors (Lipinski definition) is 0. The second-order valence-electron chi connectivity index (χ2n) is 2.59. The maximum Gasteiger partial charge on any atom is 0.203 e. The Kier molecular flexibility index (Phi) is 3.61. The monoisotopic (exact) mass is 155 g/mol. The second-order valence-corrected chi connectivity index (χ2v) is 2.59. The summed E-state index contributed by atoms with van der Waals surface area (Å²) >= 11 is 0. The van der Waals surface area contributed by atoms with E-state index in [1.807, 2.05) is 0 Å². The van der Waals surface area contributed by atoms with Crippen molar-refractivity contribution >= 4 is 0 Å². The molecule has 2 rings (SSSR count). The van der Waals surface area contributed by atoms with E-state index in [1.54, 1.807) is 0 Å². The Bertz CT molecular complexity index is 141. The van der Waals surface area contributed by atoms with Crippen LogP contribution >= 0.6 is 0 Å². The van der Waals surface area contributed by atoms with E-state index in [2.05, 4.69) is 26.6 Å². The molecule has 0 atom stereocenters. The van der Waals surface area contributed by atoms with Gasteiger partial charge in [0.1, 0.15) is 0 Å². The summed E-state index contributed by atoms with van der Waals surface area (Å²) in [5, 5.41) is 6.61. The minimum atomic E-state index is 1.26. The first kappa shape index (κ1) is 8.20. The van der Waals surface area contributed by atoms with Gasteiger partial charge < -0.3 is 9.32 Å². The van der Waals surface area contributed by atoms with Gasteiger partial charge in [-0.05, 0) is 33.0 Å². The van der Waals surface area contributed by atoms with Gasteiger partial charge in [-0.1, -0.05) is 0 Å². The summed E-state index contributed by atoms with van der Waals surface area (Å²) in [6.07, 6.45) is 5.35. The lowest BCUT2D eigenvalue weighted by Gasteiger charge is -2.01. The van der Waals surface area contributed by atoms with Crippen LogP contribution in [0.25, 0.3) is 0 Å². The van der Waals surface area contributed by atoms with E-state index >= 15 is 0 Å². The topological polar surface area (TPSA) is 42.2 Å². The highest BCUT2D eigenvalue weighted by Crippen LogP contribution is 2.01. The zero-order chi connectivity index (χ0) is 7.94. The summed E-state index contributed by atoms with van der Waals surface area (Å²) in [7, 11) is 2.17. The number of aromatic nitrogens is 2. The van der Waals surface area contributed by atoms with Crippen LogP contribution in [0.2, 0.25) is 0 Å². The number of rotatable bonds is 0. The Morgan fingerprint density at radius 1 is 1.18 bits per heavy atom. The van der Waals surface area contributed by atoms with Crippen LogP contribution in [0.4, 0.5) is 0 Å². The van der Waals surface area contributed by atoms with Crippen LogP contribution in [-0.2, 0) is 0 Å². The van der Waals surface area contributed by atoms with Gasteiger partial charge in [0.25, 0.3) is 0 Å². The lowest BCUT2D eigenvalue weighted by atomic mass is 10.4. The van der Waals surface area contributed by atoms with Crippen LogP contribution < -0.4 is 0 Å². The smallest absolute Gasteiger partial charge is 0.203 e. The van der Waals surface area contributed by atoms with Gasteiger partial charge in [-0.15, -0.1) is 10.2 Å². The molecule has 0 saturated carbocycles. The van der Waals surface area contributed by atoms with Crippen molar-refractivity contribution in [3.8, 4) is 0 Å². The second kappa shape index (κ2) is 4.85. The standard InChI is InChI=1S/C5H11N.C2H2N2O/c1-6-4-2-3-5-6;1-3-4-2-5-1/h2-5H2,1H3;1-2H. The average molecular weight is 155 g/mol. The van der Waals surface area contributed by atoms with Crippen molar-refractivity contribution in [2.75, 3.05) is 20.1 Å². The number of likely N-dealkylation sites (tertiary alicyclic amines) is 1. The molecular formula is C7H13N3O. The fourth-order valence-corrected chi connectivity index (χ4v) is 1.01. The molecule has 1 aromatic rings. The highest BCUT2D eigenvalue weighted by atomic mass is 16.3. The fourth-order valence-electron chi connectivity index (χ4n) is 1.01. The molecule has 0 radical (unpaired) electrons. The Balaban J connectivity index is 0.000000112. The first-order valence-electron chi connectivity index (χ1n) is 3.77. The fraction of sp³-hybridized carbons (Fsp3) is 0.714. The third kappa shape index (κ3) is 3.72. The van der Waals surface area contributed by atoms with Gasteiger partial charge in [0.2, 0.25) is 12.8 Å². The van der Waals surface area contributed by atoms with Gasteiger partial charge in [0.15, 0.2) is 0 Å². The molecule has 62 valence electrons. The molecule has 0 aromatic carbocycles. The number of hydrogen-bond acceptors (Lipinski definition) is 4. The van der Waals surface area contributed by atoms with Crippen LogP contribution in [0.5, 0.6) is 0 Å². The summed E-state index contributed by atoms with van der Waals surface area (Å²) in [6.45, 7) is 2.64. The van der Waals surface area contributed by atoms with Gasteiger partial charge in [0.05, 0.1) is 0 Å². The molecular weight excluding hydrogens is 142 g/mol. The molecule has 0 amide bonds. The van der Waals surface area contributed by atoms with Crippen molar-refractivity contribution < 1.29 is 4.42 Å². The quantitative estimate of drug-likeness (QED) is 0.555. The predicted octanol–water partition coefficient (Wildman–Crippen LogP) is 0.782. The number of nitrogens with zero attached hydrogens (tertiary/aromatic N) is 3. The predicted molar refractivity (Wildman–Crippen MR) is 41.0 cm³/mol. The maximum absolute atomic E-state index is 4.36. The summed E-state index contributed by atoms with van der Waals surface area (Å²) in [5.74, 6) is 0. The van der Waals surface area contributed by atoms with E-state index in [0.717, 1.165) is 0 Å². The summed E-state index contributed by atoms with van der Waals surface area (Å²) in [6, 6.07) is 0. The van der Waals surface area contributed by atoms with E-state index in [4.69, 9.17) is 0 Å². The molecule has 0 spiro atoms. The molecule has 0 aliphatic carbocycles. The van der Waals surface area contributed by atoms with Crippen LogP contribution in [0.3, 0.4) is 0 Å². The zero-order valence-corrected chi connectivity index (χ0v) is 6.73. The lowest BCUT2D eigenvalue weighted by molar-refractivity contribution is 0.418. The third-order valence-electron chi connectivity index (χ3n) is 1.61. The molecule has 4 nitrogen and oxygen atoms in total. The Morgan fingerprint density at radius 3 is 1.91 bits per heavy atom. The van der Waals surface area contributed by atoms with E-state index in [0.29, 0.717) is 0 Å². The summed E-state index contributed by atoms with van der Waals surface area (Å²) in [4.78, 5) is 2.36. The Morgan fingerprint density at radius 2 is 1.73 bits per heavy atom. The van der Waals surface area contributed by atoms with Crippen LogP contribution in [0.15, 0.2) is 17.2 Å². The molecule has 2 heterocycles. The van der Waals surface area contributed by atoms with E-state index < -0.39 is 0 Å². The molecule has 4 heteroatoms. The van der Waals surface area contributed by atoms with Crippen molar-refractivity contribution in [2.45, 2.75) is 12.8 Å². The van der Waals surface area contributed by atoms with Crippen LogP contribution in [-0.4, -0.2) is 35.2 Å². The Labute approximate surface area is 66.2 Å². The van der Waals surface area contributed by atoms with Crippen molar-refractivity contribution in [1.82, 2.24) is 15.1 Å². The minimum absolute atomic E-state index is 1.26. The van der Waals surface area contributed by atoms with Gasteiger partial charge >= 0.3 is 0 Å². The molecule has 1 aliphatic rings. The van der Waals surface area contributed by atoms with Gasteiger partial charge in [-0.2, -0.15) is 0 Å². The molecule has 1 aliphatic heterocycles. The zero-order valence-electron chi connectivity index (χ0n) is 6.73. The lowest BCUT2D eigenvalue weighted by Crippen LogP contribution is -2.10. The van der Waals surface area contributed by atoms with Crippen LogP contribution in [0.1, 0.15) is 12.8 Å². The van der Waals surface area contributed by atoms with Crippen molar-refractivity contribution in [2.24, 2.45) is 0 Å². The summed E-state index contributed by atoms with van der Waals surface area (Å²) < 4.78 is 4.36. The van der Waals surface area contributed by atoms with E-state index in [-0.39, 0.29) is 0 Å². The minimum Gasteiger partial charge on any atom is -0.431 e. The van der Waals surface area contributed by atoms with Crippen LogP contribution in [0, 0.1) is 0 Å². The SMILES string of the molecule is CN1CCCC1.c1nnco1. The first-order chi connectivity index (χ1) is 5.39. The van der Waals surface area contributed by atoms with Crippen molar-refractivity contribution in [1.29, 1.82) is 0 Å². The Hall–Kier alpha value is -0.900. The van der Waals surface area contributed by atoms with Gasteiger partial charge in [0, 0.05) is 0 Å². The molecule has 0 N–H and O–H groups in total. The third-order valence-corrected chi connectivity index (χ3v) is 1.61. The van der Waals surface area contributed by atoms with E-state index in [9.17, 15) is 0 Å².